The van der Waals surface area contributed by atoms with Crippen LogP contribution in [-0.4, -0.2) is 20.7 Å². The second kappa shape index (κ2) is 5.67. The molecule has 4 aromatic rings. The molecule has 0 saturated heterocycles. The zero-order chi connectivity index (χ0) is 18.6. The van der Waals surface area contributed by atoms with Crippen LogP contribution in [0.4, 0.5) is 0 Å². The van der Waals surface area contributed by atoms with Crippen LogP contribution in [0.3, 0.4) is 0 Å². The van der Waals surface area contributed by atoms with E-state index in [-0.39, 0.29) is 5.41 Å². The predicted molar refractivity (Wildman–Crippen MR) is 102 cm³/mol. The Bertz CT molecular complexity index is 1200. The van der Waals surface area contributed by atoms with Gasteiger partial charge < -0.3 is 4.42 Å². The van der Waals surface area contributed by atoms with Crippen molar-refractivity contribution in [1.29, 1.82) is 0 Å². The van der Waals surface area contributed by atoms with Crippen LogP contribution < -0.4 is 5.76 Å². The van der Waals surface area contributed by atoms with Gasteiger partial charge in [0.2, 0.25) is 0 Å². The Labute approximate surface area is 153 Å². The lowest BCUT2D eigenvalue weighted by atomic mass is 9.91. The molecular weight excluding hydrogens is 350 g/mol. The van der Waals surface area contributed by atoms with Crippen molar-refractivity contribution in [3.63, 3.8) is 0 Å². The average Bonchev–Trinajstić information content (AvgIpc) is 3.22. The highest BCUT2D eigenvalue weighted by Gasteiger charge is 2.27. The molecule has 0 atom stereocenters. The van der Waals surface area contributed by atoms with Gasteiger partial charge in [-0.05, 0) is 18.6 Å². The van der Waals surface area contributed by atoms with Crippen molar-refractivity contribution < 1.29 is 9.21 Å². The lowest BCUT2D eigenvalue weighted by Gasteiger charge is -2.16. The van der Waals surface area contributed by atoms with E-state index in [9.17, 15) is 9.59 Å². The van der Waals surface area contributed by atoms with Crippen molar-refractivity contribution in [2.24, 2.45) is 0 Å². The Balaban J connectivity index is 2.07. The van der Waals surface area contributed by atoms with E-state index in [1.807, 2.05) is 43.4 Å². The number of fused-ring (bicyclic) bond motifs is 2. The zero-order valence-electron chi connectivity index (χ0n) is 15.0. The molecule has 134 valence electrons. The number of imidazole rings is 1. The van der Waals surface area contributed by atoms with Gasteiger partial charge >= 0.3 is 5.76 Å². The molecule has 0 radical (unpaired) electrons. The maximum atomic E-state index is 11.9. The number of aromatic nitrogens is 3. The minimum absolute atomic E-state index is 0.233. The summed E-state index contributed by atoms with van der Waals surface area (Å²) in [5.41, 5.74) is 4.11. The second-order valence-corrected chi connectivity index (χ2v) is 8.35. The second-order valence-electron chi connectivity index (χ2n) is 7.28. The SMILES string of the molecule is CCc1sc2nc(C(C)(C)C)c(C=O)n2c1-c1ccc2[nH]c(=O)oc2c1. The summed E-state index contributed by atoms with van der Waals surface area (Å²) in [5.74, 6) is -0.477. The number of aldehydes is 1. The molecule has 3 heterocycles. The molecule has 0 saturated carbocycles. The third-order valence-corrected chi connectivity index (χ3v) is 5.61. The van der Waals surface area contributed by atoms with Gasteiger partial charge in [0, 0.05) is 15.9 Å². The molecule has 3 aromatic heterocycles. The van der Waals surface area contributed by atoms with Crippen LogP contribution in [0.25, 0.3) is 27.3 Å². The molecule has 4 rings (SSSR count). The molecule has 0 fully saturated rings. The number of hydrogen-bond acceptors (Lipinski definition) is 5. The first-order chi connectivity index (χ1) is 12.3. The first kappa shape index (κ1) is 16.8. The molecule has 0 aliphatic rings. The van der Waals surface area contributed by atoms with Crippen molar-refractivity contribution in [2.45, 2.75) is 39.5 Å². The fraction of sp³-hybridized carbons (Fsp3) is 0.316. The molecule has 6 nitrogen and oxygen atoms in total. The Morgan fingerprint density at radius 1 is 1.35 bits per heavy atom. The molecule has 0 unspecified atom stereocenters. The van der Waals surface area contributed by atoms with Crippen molar-refractivity contribution in [3.05, 3.63) is 45.0 Å². The van der Waals surface area contributed by atoms with Crippen LogP contribution in [-0.2, 0) is 11.8 Å². The quantitative estimate of drug-likeness (QED) is 0.550. The van der Waals surface area contributed by atoms with Crippen LogP contribution in [0.15, 0.2) is 27.4 Å². The van der Waals surface area contributed by atoms with E-state index in [4.69, 9.17) is 9.40 Å². The van der Waals surface area contributed by atoms with Gasteiger partial charge in [0.15, 0.2) is 16.8 Å². The Kier molecular flexibility index (Phi) is 3.66. The van der Waals surface area contributed by atoms with Gasteiger partial charge in [-0.15, -0.1) is 11.3 Å². The molecular formula is C19H19N3O3S. The Hall–Kier alpha value is -2.67. The molecule has 26 heavy (non-hydrogen) atoms. The molecule has 1 aromatic carbocycles. The molecule has 7 heteroatoms. The summed E-state index contributed by atoms with van der Waals surface area (Å²) in [7, 11) is 0. The van der Waals surface area contributed by atoms with E-state index in [2.05, 4.69) is 11.9 Å². The van der Waals surface area contributed by atoms with Gasteiger partial charge in [0.1, 0.15) is 5.69 Å². The van der Waals surface area contributed by atoms with Crippen LogP contribution in [0.5, 0.6) is 0 Å². The largest absolute Gasteiger partial charge is 0.417 e. The van der Waals surface area contributed by atoms with E-state index in [1.165, 1.54) is 0 Å². The number of carbonyl (C=O) groups excluding carboxylic acids is 1. The van der Waals surface area contributed by atoms with Gasteiger partial charge in [-0.3, -0.25) is 14.2 Å². The zero-order valence-corrected chi connectivity index (χ0v) is 15.9. The van der Waals surface area contributed by atoms with E-state index in [1.54, 1.807) is 11.3 Å². The van der Waals surface area contributed by atoms with Gasteiger partial charge in [0.05, 0.1) is 16.9 Å². The smallest absolute Gasteiger partial charge is 0.408 e. The topological polar surface area (TPSA) is 80.4 Å². The van der Waals surface area contributed by atoms with Crippen LogP contribution in [0.1, 0.15) is 48.8 Å². The fourth-order valence-corrected chi connectivity index (χ4v) is 4.35. The van der Waals surface area contributed by atoms with Gasteiger partial charge in [0.25, 0.3) is 0 Å². The Morgan fingerprint density at radius 2 is 2.12 bits per heavy atom. The van der Waals surface area contributed by atoms with Gasteiger partial charge in [-0.1, -0.05) is 33.8 Å². The summed E-state index contributed by atoms with van der Waals surface area (Å²) in [6, 6.07) is 5.58. The fourth-order valence-electron chi connectivity index (χ4n) is 3.26. The van der Waals surface area contributed by atoms with Crippen molar-refractivity contribution in [2.75, 3.05) is 0 Å². The number of H-pyrrole nitrogens is 1. The molecule has 0 bridgehead atoms. The number of benzene rings is 1. The van der Waals surface area contributed by atoms with E-state index >= 15 is 0 Å². The standard InChI is InChI=1S/C19H19N3O3S/c1-5-14-15(10-6-7-11-13(8-10)25-18(24)20-11)22-12(9-23)16(19(2,3)4)21-17(22)26-14/h6-9H,5H2,1-4H3,(H,20,24). The van der Waals surface area contributed by atoms with Crippen molar-refractivity contribution in [3.8, 4) is 11.3 Å². The third kappa shape index (κ3) is 2.42. The monoisotopic (exact) mass is 369 g/mol. The average molecular weight is 369 g/mol. The first-order valence-corrected chi connectivity index (χ1v) is 9.28. The molecule has 0 spiro atoms. The summed E-state index contributed by atoms with van der Waals surface area (Å²) in [6.07, 6.45) is 1.70. The summed E-state index contributed by atoms with van der Waals surface area (Å²) < 4.78 is 7.14. The Morgan fingerprint density at radius 3 is 2.77 bits per heavy atom. The number of hydrogen-bond donors (Lipinski definition) is 1. The number of rotatable bonds is 3. The number of nitrogens with zero attached hydrogens (tertiary/aromatic N) is 2. The van der Waals surface area contributed by atoms with Crippen molar-refractivity contribution >= 4 is 33.7 Å². The van der Waals surface area contributed by atoms with Gasteiger partial charge in [-0.2, -0.15) is 0 Å². The van der Waals surface area contributed by atoms with E-state index in [0.717, 1.165) is 39.5 Å². The number of nitrogens with one attached hydrogen (secondary N) is 1. The number of thiazole rings is 1. The summed E-state index contributed by atoms with van der Waals surface area (Å²) in [5, 5.41) is 0. The molecule has 0 aliphatic carbocycles. The number of carbonyl (C=O) groups is 1. The maximum Gasteiger partial charge on any atom is 0.417 e. The van der Waals surface area contributed by atoms with Gasteiger partial charge in [-0.25, -0.2) is 9.78 Å². The highest BCUT2D eigenvalue weighted by atomic mass is 32.1. The molecule has 1 N–H and O–H groups in total. The van der Waals surface area contributed by atoms with E-state index < -0.39 is 5.76 Å². The maximum absolute atomic E-state index is 11.9. The lowest BCUT2D eigenvalue weighted by Crippen LogP contribution is -2.15. The minimum Gasteiger partial charge on any atom is -0.408 e. The third-order valence-electron chi connectivity index (χ3n) is 4.42. The van der Waals surface area contributed by atoms with Crippen LogP contribution in [0, 0.1) is 0 Å². The van der Waals surface area contributed by atoms with Crippen molar-refractivity contribution in [1.82, 2.24) is 14.4 Å². The number of aromatic amines is 1. The number of aryl methyl sites for hydroxylation is 1. The van der Waals surface area contributed by atoms with Crippen LogP contribution in [0.2, 0.25) is 0 Å². The summed E-state index contributed by atoms with van der Waals surface area (Å²) in [4.78, 5) is 32.7. The molecule has 0 amide bonds. The first-order valence-electron chi connectivity index (χ1n) is 8.46. The highest BCUT2D eigenvalue weighted by molar-refractivity contribution is 7.17. The summed E-state index contributed by atoms with van der Waals surface area (Å²) in [6.45, 7) is 8.23. The molecule has 0 aliphatic heterocycles. The minimum atomic E-state index is -0.477. The van der Waals surface area contributed by atoms with E-state index in [0.29, 0.717) is 16.8 Å². The summed E-state index contributed by atoms with van der Waals surface area (Å²) >= 11 is 1.59. The predicted octanol–water partition coefficient (Wildman–Crippen LogP) is 4.17. The highest BCUT2D eigenvalue weighted by Crippen LogP contribution is 2.37. The van der Waals surface area contributed by atoms with Crippen LogP contribution >= 0.6 is 11.3 Å². The lowest BCUT2D eigenvalue weighted by molar-refractivity contribution is 0.111. The normalized spacial score (nSPS) is 12.3. The number of oxazole rings is 1.